The van der Waals surface area contributed by atoms with E-state index in [4.69, 9.17) is 0 Å². The molecule has 0 aliphatic rings. The van der Waals surface area contributed by atoms with Crippen LogP contribution in [0.2, 0.25) is 0 Å². The van der Waals surface area contributed by atoms with Gasteiger partial charge in [-0.3, -0.25) is 9.36 Å². The van der Waals surface area contributed by atoms with E-state index >= 15 is 0 Å². The van der Waals surface area contributed by atoms with Gasteiger partial charge in [-0.2, -0.15) is 10.2 Å². The molecule has 0 saturated carbocycles. The van der Waals surface area contributed by atoms with E-state index in [0.29, 0.717) is 0 Å². The molecule has 2 aromatic rings. The predicted molar refractivity (Wildman–Crippen MR) is 76.0 cm³/mol. The topological polar surface area (TPSA) is 47.7 Å². The fourth-order valence-electron chi connectivity index (χ4n) is 2.33. The summed E-state index contributed by atoms with van der Waals surface area (Å²) in [6, 6.07) is 4.52. The van der Waals surface area contributed by atoms with Crippen molar-refractivity contribution in [2.24, 2.45) is 7.05 Å². The van der Waals surface area contributed by atoms with E-state index in [9.17, 15) is 0 Å². The van der Waals surface area contributed by atoms with Crippen LogP contribution in [0.1, 0.15) is 37.0 Å². The van der Waals surface area contributed by atoms with Crippen molar-refractivity contribution in [1.29, 1.82) is 0 Å². The first-order valence-corrected chi connectivity index (χ1v) is 6.90. The van der Waals surface area contributed by atoms with Crippen molar-refractivity contribution in [2.75, 3.05) is 7.05 Å². The minimum Gasteiger partial charge on any atom is -0.311 e. The van der Waals surface area contributed by atoms with E-state index in [2.05, 4.69) is 46.2 Å². The number of hydrogen-bond acceptors (Lipinski definition) is 3. The van der Waals surface area contributed by atoms with Gasteiger partial charge in [0, 0.05) is 26.2 Å². The van der Waals surface area contributed by atoms with Gasteiger partial charge in [-0.15, -0.1) is 0 Å². The molecule has 104 valence electrons. The van der Waals surface area contributed by atoms with Crippen LogP contribution in [-0.2, 0) is 26.4 Å². The molecule has 1 N–H and O–H groups in total. The first kappa shape index (κ1) is 13.8. The van der Waals surface area contributed by atoms with Crippen molar-refractivity contribution < 1.29 is 0 Å². The summed E-state index contributed by atoms with van der Waals surface area (Å²) < 4.78 is 3.93. The van der Waals surface area contributed by atoms with Crippen molar-refractivity contribution in [2.45, 2.75) is 39.3 Å². The van der Waals surface area contributed by atoms with E-state index in [0.717, 1.165) is 30.8 Å². The van der Waals surface area contributed by atoms with E-state index in [-0.39, 0.29) is 6.04 Å². The zero-order valence-corrected chi connectivity index (χ0v) is 12.2. The maximum Gasteiger partial charge on any atom is 0.0644 e. The Kier molecular flexibility index (Phi) is 4.37. The fourth-order valence-corrected chi connectivity index (χ4v) is 2.33. The summed E-state index contributed by atoms with van der Waals surface area (Å²) in [7, 11) is 3.94. The van der Waals surface area contributed by atoms with Crippen LogP contribution in [0.3, 0.4) is 0 Å². The SMILES string of the molecule is CCc1cc(C(Cc2ccn(C)n2)NC)n(CC)n1. The van der Waals surface area contributed by atoms with Crippen molar-refractivity contribution in [3.63, 3.8) is 0 Å². The van der Waals surface area contributed by atoms with Gasteiger partial charge in [-0.1, -0.05) is 6.92 Å². The lowest BCUT2D eigenvalue weighted by Crippen LogP contribution is -2.22. The maximum atomic E-state index is 4.61. The summed E-state index contributed by atoms with van der Waals surface area (Å²) in [6.07, 6.45) is 3.84. The van der Waals surface area contributed by atoms with Crippen LogP contribution in [0.15, 0.2) is 18.3 Å². The zero-order chi connectivity index (χ0) is 13.8. The highest BCUT2D eigenvalue weighted by Gasteiger charge is 2.17. The molecule has 0 aliphatic heterocycles. The quantitative estimate of drug-likeness (QED) is 0.861. The first-order valence-electron chi connectivity index (χ1n) is 6.90. The van der Waals surface area contributed by atoms with Crippen molar-refractivity contribution in [3.05, 3.63) is 35.4 Å². The zero-order valence-electron chi connectivity index (χ0n) is 12.2. The summed E-state index contributed by atoms with van der Waals surface area (Å²) in [5.41, 5.74) is 3.49. The average molecular weight is 261 g/mol. The molecular weight excluding hydrogens is 238 g/mol. The Morgan fingerprint density at radius 1 is 1.26 bits per heavy atom. The van der Waals surface area contributed by atoms with Gasteiger partial charge >= 0.3 is 0 Å². The largest absolute Gasteiger partial charge is 0.311 e. The standard InChI is InChI=1S/C14H23N5/c1-5-11-10-14(19(6-2)17-11)13(15-3)9-12-7-8-18(4)16-12/h7-8,10,13,15H,5-6,9H2,1-4H3. The Bertz CT molecular complexity index is 526. The fraction of sp³-hybridized carbons (Fsp3) is 0.571. The molecule has 0 spiro atoms. The lowest BCUT2D eigenvalue weighted by atomic mass is 10.1. The third-order valence-corrected chi connectivity index (χ3v) is 3.41. The molecule has 0 fully saturated rings. The van der Waals surface area contributed by atoms with Crippen LogP contribution in [0, 0.1) is 0 Å². The number of nitrogens with zero attached hydrogens (tertiary/aromatic N) is 4. The van der Waals surface area contributed by atoms with E-state index in [1.807, 2.05) is 25.0 Å². The van der Waals surface area contributed by atoms with Gasteiger partial charge in [0.25, 0.3) is 0 Å². The second-order valence-electron chi connectivity index (χ2n) is 4.76. The van der Waals surface area contributed by atoms with Crippen LogP contribution in [0.25, 0.3) is 0 Å². The third-order valence-electron chi connectivity index (χ3n) is 3.41. The molecule has 0 bridgehead atoms. The number of aryl methyl sites for hydroxylation is 3. The Morgan fingerprint density at radius 2 is 2.05 bits per heavy atom. The van der Waals surface area contributed by atoms with Gasteiger partial charge in [0.1, 0.15) is 0 Å². The normalized spacial score (nSPS) is 12.8. The minimum atomic E-state index is 0.252. The van der Waals surface area contributed by atoms with Crippen LogP contribution in [0.5, 0.6) is 0 Å². The summed E-state index contributed by atoms with van der Waals surface area (Å²) in [5.74, 6) is 0. The maximum absolute atomic E-state index is 4.61. The molecule has 2 aromatic heterocycles. The molecule has 19 heavy (non-hydrogen) atoms. The highest BCUT2D eigenvalue weighted by atomic mass is 15.3. The van der Waals surface area contributed by atoms with E-state index in [1.165, 1.54) is 5.69 Å². The van der Waals surface area contributed by atoms with Crippen LogP contribution in [-0.4, -0.2) is 26.6 Å². The Labute approximate surface area is 114 Å². The van der Waals surface area contributed by atoms with E-state index < -0.39 is 0 Å². The van der Waals surface area contributed by atoms with Crippen molar-refractivity contribution in [1.82, 2.24) is 24.9 Å². The average Bonchev–Trinajstić information content (AvgIpc) is 3.01. The number of hydrogen-bond donors (Lipinski definition) is 1. The molecule has 5 nitrogen and oxygen atoms in total. The molecule has 0 aromatic carbocycles. The van der Waals surface area contributed by atoms with Crippen LogP contribution >= 0.6 is 0 Å². The number of rotatable bonds is 6. The molecule has 1 atom stereocenters. The van der Waals surface area contributed by atoms with Gasteiger partial charge < -0.3 is 5.32 Å². The van der Waals surface area contributed by atoms with Crippen molar-refractivity contribution >= 4 is 0 Å². The van der Waals surface area contributed by atoms with Gasteiger partial charge in [0.15, 0.2) is 0 Å². The summed E-state index contributed by atoms with van der Waals surface area (Å²) in [4.78, 5) is 0. The summed E-state index contributed by atoms with van der Waals surface area (Å²) in [6.45, 7) is 5.17. The number of nitrogens with one attached hydrogen (secondary N) is 1. The molecule has 2 rings (SSSR count). The molecule has 1 unspecified atom stereocenters. The molecule has 5 heteroatoms. The summed E-state index contributed by atoms with van der Waals surface area (Å²) >= 11 is 0. The van der Waals surface area contributed by atoms with Gasteiger partial charge in [-0.25, -0.2) is 0 Å². The highest BCUT2D eigenvalue weighted by Crippen LogP contribution is 2.19. The first-order chi connectivity index (χ1) is 9.17. The number of aromatic nitrogens is 4. The Hall–Kier alpha value is -1.62. The molecule has 0 amide bonds. The number of likely N-dealkylation sites (N-methyl/N-ethyl adjacent to an activating group) is 1. The Balaban J connectivity index is 2.23. The molecule has 0 radical (unpaired) electrons. The molecule has 0 aliphatic carbocycles. The van der Waals surface area contributed by atoms with Gasteiger partial charge in [0.2, 0.25) is 0 Å². The third kappa shape index (κ3) is 3.04. The predicted octanol–water partition coefficient (Wildman–Crippen LogP) is 1.70. The van der Waals surface area contributed by atoms with E-state index in [1.54, 1.807) is 0 Å². The molecular formula is C14H23N5. The minimum absolute atomic E-state index is 0.252. The molecule has 2 heterocycles. The van der Waals surface area contributed by atoms with Gasteiger partial charge in [0.05, 0.1) is 23.1 Å². The lowest BCUT2D eigenvalue weighted by molar-refractivity contribution is 0.506. The second-order valence-corrected chi connectivity index (χ2v) is 4.76. The van der Waals surface area contributed by atoms with Crippen LogP contribution < -0.4 is 5.32 Å². The monoisotopic (exact) mass is 261 g/mol. The highest BCUT2D eigenvalue weighted by molar-refractivity contribution is 5.17. The van der Waals surface area contributed by atoms with Crippen molar-refractivity contribution in [3.8, 4) is 0 Å². The smallest absolute Gasteiger partial charge is 0.0644 e. The van der Waals surface area contributed by atoms with Gasteiger partial charge in [-0.05, 0) is 32.5 Å². The molecule has 0 saturated heterocycles. The summed E-state index contributed by atoms with van der Waals surface area (Å²) in [5, 5.41) is 12.4. The Morgan fingerprint density at radius 3 is 2.58 bits per heavy atom. The second kappa shape index (κ2) is 6.02. The lowest BCUT2D eigenvalue weighted by Gasteiger charge is -2.16. The van der Waals surface area contributed by atoms with Crippen LogP contribution in [0.4, 0.5) is 0 Å².